The van der Waals surface area contributed by atoms with Crippen LogP contribution in [0.1, 0.15) is 16.9 Å². The molecule has 1 aliphatic heterocycles. The van der Waals surface area contributed by atoms with Crippen molar-refractivity contribution in [3.8, 4) is 5.75 Å². The van der Waals surface area contributed by atoms with Crippen LogP contribution < -0.4 is 0 Å². The van der Waals surface area contributed by atoms with Crippen molar-refractivity contribution in [1.29, 1.82) is 0 Å². The minimum atomic E-state index is 0.333. The van der Waals surface area contributed by atoms with Gasteiger partial charge in [0.15, 0.2) is 0 Å². The number of hydrogen-bond acceptors (Lipinski definition) is 4. The van der Waals surface area contributed by atoms with Gasteiger partial charge in [0, 0.05) is 53.1 Å². The lowest BCUT2D eigenvalue weighted by atomic mass is 10.1. The number of aromatic hydroxyl groups is 1. The molecule has 3 aromatic rings. The Morgan fingerprint density at radius 1 is 1.28 bits per heavy atom. The van der Waals surface area contributed by atoms with Crippen molar-refractivity contribution in [3.63, 3.8) is 0 Å². The molecule has 0 saturated heterocycles. The molecule has 25 heavy (non-hydrogen) atoms. The highest BCUT2D eigenvalue weighted by Crippen LogP contribution is 2.27. The van der Waals surface area contributed by atoms with Gasteiger partial charge in [-0.3, -0.25) is 4.90 Å². The lowest BCUT2D eigenvalue weighted by Gasteiger charge is -2.25. The van der Waals surface area contributed by atoms with Crippen molar-refractivity contribution in [3.05, 3.63) is 58.4 Å². The van der Waals surface area contributed by atoms with Crippen LogP contribution in [0.3, 0.4) is 0 Å². The van der Waals surface area contributed by atoms with E-state index in [0.717, 1.165) is 48.5 Å². The van der Waals surface area contributed by atoms with Crippen molar-refractivity contribution in [2.45, 2.75) is 12.2 Å². The van der Waals surface area contributed by atoms with E-state index >= 15 is 0 Å². The molecule has 0 fully saturated rings. The molecule has 0 aliphatic carbocycles. The van der Waals surface area contributed by atoms with Crippen molar-refractivity contribution in [2.75, 3.05) is 25.4 Å². The van der Waals surface area contributed by atoms with Gasteiger partial charge in [0.25, 0.3) is 0 Å². The predicted molar refractivity (Wildman–Crippen MR) is 109 cm³/mol. The molecule has 0 spiro atoms. The Labute approximate surface area is 156 Å². The van der Waals surface area contributed by atoms with Crippen LogP contribution in [0.2, 0.25) is 0 Å². The quantitative estimate of drug-likeness (QED) is 0.603. The van der Waals surface area contributed by atoms with E-state index in [4.69, 9.17) is 0 Å². The highest BCUT2D eigenvalue weighted by Gasteiger charge is 2.13. The van der Waals surface area contributed by atoms with E-state index in [2.05, 4.69) is 39.7 Å². The minimum absolute atomic E-state index is 0.333. The first kappa shape index (κ1) is 16.8. The van der Waals surface area contributed by atoms with Gasteiger partial charge in [0.2, 0.25) is 0 Å². The molecule has 3 nitrogen and oxygen atoms in total. The van der Waals surface area contributed by atoms with Gasteiger partial charge in [-0.1, -0.05) is 12.1 Å². The summed E-state index contributed by atoms with van der Waals surface area (Å²) in [6, 6.07) is 9.87. The van der Waals surface area contributed by atoms with E-state index in [1.807, 2.05) is 35.2 Å². The number of nitrogens with one attached hydrogen (secondary N) is 1. The summed E-state index contributed by atoms with van der Waals surface area (Å²) in [4.78, 5) is 7.24. The average molecular weight is 371 g/mol. The molecule has 130 valence electrons. The van der Waals surface area contributed by atoms with Gasteiger partial charge in [-0.15, -0.1) is 11.3 Å². The number of phenolic OH excluding ortho intramolecular Hbond substituents is 1. The van der Waals surface area contributed by atoms with E-state index in [0.29, 0.717) is 5.75 Å². The van der Waals surface area contributed by atoms with Gasteiger partial charge in [0.1, 0.15) is 5.75 Å². The summed E-state index contributed by atoms with van der Waals surface area (Å²) >= 11 is 3.80. The summed E-state index contributed by atoms with van der Waals surface area (Å²) in [6.07, 6.45) is 5.61. The number of thiophene rings is 1. The van der Waals surface area contributed by atoms with Gasteiger partial charge >= 0.3 is 0 Å². The maximum Gasteiger partial charge on any atom is 0.116 e. The Hall–Kier alpha value is -1.69. The van der Waals surface area contributed by atoms with Gasteiger partial charge in [-0.2, -0.15) is 11.8 Å². The van der Waals surface area contributed by atoms with E-state index in [1.165, 1.54) is 16.0 Å². The summed E-state index contributed by atoms with van der Waals surface area (Å²) in [5.41, 5.74) is 3.88. The number of fused-ring (bicyclic) bond motifs is 1. The van der Waals surface area contributed by atoms with Gasteiger partial charge in [0.05, 0.1) is 0 Å². The Morgan fingerprint density at radius 3 is 3.04 bits per heavy atom. The van der Waals surface area contributed by atoms with Gasteiger partial charge in [-0.25, -0.2) is 0 Å². The smallest absolute Gasteiger partial charge is 0.116 e. The standard InChI is InChI=1S/C20H22N2OS2/c23-17-3-4-19-18(12-17)16(13-21-19)14-24-11-9-22-7-5-15(6-8-22)20-2-1-10-25-20/h1-5,10,12-13,21,23H,6-9,11,14H2. The van der Waals surface area contributed by atoms with Crippen LogP contribution in [0.15, 0.2) is 48.0 Å². The van der Waals surface area contributed by atoms with Crippen molar-refractivity contribution in [2.24, 2.45) is 0 Å². The lowest BCUT2D eigenvalue weighted by Crippen LogP contribution is -2.30. The molecule has 0 saturated carbocycles. The number of phenols is 1. The first-order valence-electron chi connectivity index (χ1n) is 8.61. The number of hydrogen-bond donors (Lipinski definition) is 2. The number of benzene rings is 1. The molecular weight excluding hydrogens is 348 g/mol. The average Bonchev–Trinajstić information content (AvgIpc) is 3.29. The van der Waals surface area contributed by atoms with Crippen LogP contribution in [0.25, 0.3) is 16.5 Å². The second kappa shape index (κ2) is 7.68. The summed E-state index contributed by atoms with van der Waals surface area (Å²) in [5.74, 6) is 2.45. The molecule has 4 rings (SSSR count). The molecule has 2 aromatic heterocycles. The second-order valence-corrected chi connectivity index (χ2v) is 8.41. The third-order valence-electron chi connectivity index (χ3n) is 4.69. The van der Waals surface area contributed by atoms with Crippen LogP contribution in [-0.2, 0) is 5.75 Å². The number of rotatable bonds is 6. The maximum absolute atomic E-state index is 9.67. The van der Waals surface area contributed by atoms with Crippen molar-refractivity contribution < 1.29 is 5.11 Å². The Bertz CT molecular complexity index is 867. The van der Waals surface area contributed by atoms with Crippen LogP contribution in [0.5, 0.6) is 5.75 Å². The highest BCUT2D eigenvalue weighted by atomic mass is 32.2. The zero-order valence-corrected chi connectivity index (χ0v) is 15.7. The van der Waals surface area contributed by atoms with E-state index in [9.17, 15) is 5.11 Å². The molecule has 0 unspecified atom stereocenters. The molecule has 0 bridgehead atoms. The van der Waals surface area contributed by atoms with Crippen molar-refractivity contribution >= 4 is 39.6 Å². The molecule has 0 radical (unpaired) electrons. The minimum Gasteiger partial charge on any atom is -0.508 e. The Kier molecular flexibility index (Phi) is 5.15. The normalized spacial score (nSPS) is 15.6. The summed E-state index contributed by atoms with van der Waals surface area (Å²) in [7, 11) is 0. The Balaban J connectivity index is 1.25. The number of aromatic nitrogens is 1. The van der Waals surface area contributed by atoms with E-state index < -0.39 is 0 Å². The third kappa shape index (κ3) is 3.94. The van der Waals surface area contributed by atoms with Crippen LogP contribution in [0.4, 0.5) is 0 Å². The number of nitrogens with zero attached hydrogens (tertiary/aromatic N) is 1. The summed E-state index contributed by atoms with van der Waals surface area (Å²) in [5, 5.41) is 13.0. The first-order valence-corrected chi connectivity index (χ1v) is 10.6. The number of thioether (sulfide) groups is 1. The molecule has 0 atom stereocenters. The SMILES string of the molecule is Oc1ccc2[nH]cc(CSCCN3CC=C(c4cccs4)CC3)c2c1. The summed E-state index contributed by atoms with van der Waals surface area (Å²) < 4.78 is 0. The Morgan fingerprint density at radius 2 is 2.24 bits per heavy atom. The number of aromatic amines is 1. The fraction of sp³-hybridized carbons (Fsp3) is 0.300. The topological polar surface area (TPSA) is 39.3 Å². The predicted octanol–water partition coefficient (Wildman–Crippen LogP) is 4.96. The maximum atomic E-state index is 9.67. The van der Waals surface area contributed by atoms with E-state index in [1.54, 1.807) is 6.07 Å². The van der Waals surface area contributed by atoms with Gasteiger partial charge < -0.3 is 10.1 Å². The lowest BCUT2D eigenvalue weighted by molar-refractivity contribution is 0.321. The fourth-order valence-corrected chi connectivity index (χ4v) is 5.05. The molecule has 3 heterocycles. The third-order valence-corrected chi connectivity index (χ3v) is 6.62. The second-order valence-electron chi connectivity index (χ2n) is 6.35. The zero-order chi connectivity index (χ0) is 17.1. The van der Waals surface area contributed by atoms with Crippen LogP contribution in [-0.4, -0.2) is 40.4 Å². The molecule has 1 aromatic carbocycles. The van der Waals surface area contributed by atoms with Crippen molar-refractivity contribution in [1.82, 2.24) is 9.88 Å². The fourth-order valence-electron chi connectivity index (χ4n) is 3.26. The molecule has 5 heteroatoms. The van der Waals surface area contributed by atoms with Crippen LogP contribution >= 0.6 is 23.1 Å². The highest BCUT2D eigenvalue weighted by molar-refractivity contribution is 7.98. The molecule has 0 amide bonds. The molecule has 1 aliphatic rings. The molecular formula is C20H22N2OS2. The number of H-pyrrole nitrogens is 1. The zero-order valence-electron chi connectivity index (χ0n) is 14.1. The summed E-state index contributed by atoms with van der Waals surface area (Å²) in [6.45, 7) is 3.35. The first-order chi connectivity index (χ1) is 12.3. The molecule has 2 N–H and O–H groups in total. The van der Waals surface area contributed by atoms with Gasteiger partial charge in [-0.05, 0) is 47.2 Å². The monoisotopic (exact) mass is 370 g/mol. The van der Waals surface area contributed by atoms with Crippen LogP contribution in [0, 0.1) is 0 Å². The largest absolute Gasteiger partial charge is 0.508 e. The van der Waals surface area contributed by atoms with E-state index in [-0.39, 0.29) is 0 Å².